The summed E-state index contributed by atoms with van der Waals surface area (Å²) in [5.74, 6) is -0.0735. The minimum Gasteiger partial charge on any atom is -0.335 e. The third-order valence-electron chi connectivity index (χ3n) is 3.80. The second-order valence-electron chi connectivity index (χ2n) is 5.28. The molecule has 0 fully saturated rings. The van der Waals surface area contributed by atoms with Crippen LogP contribution in [0.15, 0.2) is 36.4 Å². The summed E-state index contributed by atoms with van der Waals surface area (Å²) in [5, 5.41) is 4.75. The number of rotatable bonds is 4. The van der Waals surface area contributed by atoms with E-state index in [9.17, 15) is 4.79 Å². The summed E-state index contributed by atoms with van der Waals surface area (Å²) in [5.41, 5.74) is 2.68. The van der Waals surface area contributed by atoms with Gasteiger partial charge in [0.1, 0.15) is 5.15 Å². The second-order valence-corrected chi connectivity index (χ2v) is 5.64. The molecule has 0 radical (unpaired) electrons. The molecule has 0 bridgehead atoms. The van der Waals surface area contributed by atoms with Gasteiger partial charge in [-0.3, -0.25) is 9.48 Å². The van der Waals surface area contributed by atoms with Crippen LogP contribution in [0.1, 0.15) is 29.8 Å². The van der Waals surface area contributed by atoms with Crippen LogP contribution in [0.5, 0.6) is 0 Å². The summed E-state index contributed by atoms with van der Waals surface area (Å²) in [7, 11) is 3.57. The molecule has 1 unspecified atom stereocenters. The SMILES string of the molecule is Cc1nn(C)c(Cl)c1/C=C/C(=O)N(C)C(C)c1ccccc1. The van der Waals surface area contributed by atoms with Crippen molar-refractivity contribution in [2.24, 2.45) is 7.05 Å². The second kappa shape index (κ2) is 6.79. The Morgan fingerprint density at radius 1 is 1.36 bits per heavy atom. The number of aromatic nitrogens is 2. The first-order valence-corrected chi connectivity index (χ1v) is 7.48. The van der Waals surface area contributed by atoms with Gasteiger partial charge in [-0.05, 0) is 25.5 Å². The van der Waals surface area contributed by atoms with E-state index >= 15 is 0 Å². The van der Waals surface area contributed by atoms with Gasteiger partial charge in [-0.2, -0.15) is 5.10 Å². The van der Waals surface area contributed by atoms with Gasteiger partial charge >= 0.3 is 0 Å². The highest BCUT2D eigenvalue weighted by Gasteiger charge is 2.15. The first kappa shape index (κ1) is 16.3. The van der Waals surface area contributed by atoms with E-state index in [1.807, 2.05) is 44.2 Å². The van der Waals surface area contributed by atoms with Crippen molar-refractivity contribution >= 4 is 23.6 Å². The maximum Gasteiger partial charge on any atom is 0.246 e. The molecule has 0 aliphatic heterocycles. The number of hydrogen-bond acceptors (Lipinski definition) is 2. The predicted octanol–water partition coefficient (Wildman–Crippen LogP) is 3.61. The van der Waals surface area contributed by atoms with Gasteiger partial charge in [-0.25, -0.2) is 0 Å². The zero-order valence-electron chi connectivity index (χ0n) is 13.2. The number of likely N-dealkylation sites (N-methyl/N-ethyl adjacent to an activating group) is 1. The first-order chi connectivity index (χ1) is 10.4. The van der Waals surface area contributed by atoms with Crippen LogP contribution in [0, 0.1) is 6.92 Å². The number of carbonyl (C=O) groups is 1. The van der Waals surface area contributed by atoms with Crippen LogP contribution in [0.4, 0.5) is 0 Å². The molecule has 0 saturated heterocycles. The van der Waals surface area contributed by atoms with Crippen LogP contribution >= 0.6 is 11.6 Å². The lowest BCUT2D eigenvalue weighted by Gasteiger charge is -2.24. The number of nitrogens with zero attached hydrogens (tertiary/aromatic N) is 3. The number of carbonyl (C=O) groups excluding carboxylic acids is 1. The Labute approximate surface area is 136 Å². The Bertz CT molecular complexity index is 691. The fourth-order valence-electron chi connectivity index (χ4n) is 2.25. The molecule has 1 aromatic heterocycles. The van der Waals surface area contributed by atoms with Crippen LogP contribution in [-0.4, -0.2) is 27.6 Å². The van der Waals surface area contributed by atoms with Gasteiger partial charge < -0.3 is 4.90 Å². The molecule has 4 nitrogen and oxygen atoms in total. The summed E-state index contributed by atoms with van der Waals surface area (Å²) in [6, 6.07) is 9.94. The van der Waals surface area contributed by atoms with Gasteiger partial charge in [0.15, 0.2) is 0 Å². The van der Waals surface area contributed by atoms with Crippen LogP contribution in [0.25, 0.3) is 6.08 Å². The van der Waals surface area contributed by atoms with Crippen molar-refractivity contribution in [3.63, 3.8) is 0 Å². The molecule has 1 atom stereocenters. The first-order valence-electron chi connectivity index (χ1n) is 7.10. The normalized spacial score (nSPS) is 12.6. The molecule has 2 aromatic rings. The summed E-state index contributed by atoms with van der Waals surface area (Å²) in [4.78, 5) is 14.0. The van der Waals surface area contributed by atoms with Crippen LogP contribution in [-0.2, 0) is 11.8 Å². The fourth-order valence-corrected chi connectivity index (χ4v) is 2.49. The van der Waals surface area contributed by atoms with Gasteiger partial charge in [0.05, 0.1) is 11.7 Å². The quantitative estimate of drug-likeness (QED) is 0.808. The molecule has 1 amide bonds. The Balaban J connectivity index is 2.13. The van der Waals surface area contributed by atoms with Crippen molar-refractivity contribution < 1.29 is 4.79 Å². The third kappa shape index (κ3) is 3.39. The molecule has 0 aliphatic rings. The smallest absolute Gasteiger partial charge is 0.246 e. The Morgan fingerprint density at radius 3 is 2.55 bits per heavy atom. The average Bonchev–Trinajstić information content (AvgIpc) is 2.77. The van der Waals surface area contributed by atoms with E-state index in [1.165, 1.54) is 6.08 Å². The van der Waals surface area contributed by atoms with Crippen LogP contribution < -0.4 is 0 Å². The highest BCUT2D eigenvalue weighted by Crippen LogP contribution is 2.21. The Hall–Kier alpha value is -2.07. The average molecular weight is 318 g/mol. The third-order valence-corrected chi connectivity index (χ3v) is 4.25. The minimum atomic E-state index is -0.0735. The maximum atomic E-state index is 12.3. The summed E-state index contributed by atoms with van der Waals surface area (Å²) in [6.45, 7) is 3.87. The van der Waals surface area contributed by atoms with Gasteiger partial charge in [-0.15, -0.1) is 0 Å². The van der Waals surface area contributed by atoms with E-state index in [-0.39, 0.29) is 11.9 Å². The molecule has 116 valence electrons. The monoisotopic (exact) mass is 317 g/mol. The van der Waals surface area contributed by atoms with Crippen LogP contribution in [0.2, 0.25) is 5.15 Å². The van der Waals surface area contributed by atoms with E-state index in [2.05, 4.69) is 5.10 Å². The van der Waals surface area contributed by atoms with Crippen molar-refractivity contribution in [3.8, 4) is 0 Å². The van der Waals surface area contributed by atoms with Gasteiger partial charge in [0.25, 0.3) is 0 Å². The largest absolute Gasteiger partial charge is 0.335 e. The van der Waals surface area contributed by atoms with Crippen molar-refractivity contribution in [3.05, 3.63) is 58.4 Å². The van der Waals surface area contributed by atoms with Gasteiger partial charge in [0, 0.05) is 25.7 Å². The van der Waals surface area contributed by atoms with Crippen LogP contribution in [0.3, 0.4) is 0 Å². The molecule has 22 heavy (non-hydrogen) atoms. The van der Waals surface area contributed by atoms with E-state index in [0.29, 0.717) is 5.15 Å². The zero-order valence-corrected chi connectivity index (χ0v) is 14.0. The lowest BCUT2D eigenvalue weighted by atomic mass is 10.1. The molecule has 5 heteroatoms. The number of halogens is 1. The Morgan fingerprint density at radius 2 is 2.00 bits per heavy atom. The molecule has 0 saturated carbocycles. The minimum absolute atomic E-state index is 0.00353. The maximum absolute atomic E-state index is 12.3. The van der Waals surface area contributed by atoms with E-state index in [0.717, 1.165) is 16.8 Å². The number of hydrogen-bond donors (Lipinski definition) is 0. The number of benzene rings is 1. The molecular weight excluding hydrogens is 298 g/mol. The highest BCUT2D eigenvalue weighted by atomic mass is 35.5. The summed E-state index contributed by atoms with van der Waals surface area (Å²) < 4.78 is 1.59. The summed E-state index contributed by atoms with van der Waals surface area (Å²) >= 11 is 6.16. The lowest BCUT2D eigenvalue weighted by Crippen LogP contribution is -2.27. The van der Waals surface area contributed by atoms with Crippen molar-refractivity contribution in [1.82, 2.24) is 14.7 Å². The zero-order chi connectivity index (χ0) is 16.3. The molecule has 0 aliphatic carbocycles. The van der Waals surface area contributed by atoms with Crippen molar-refractivity contribution in [1.29, 1.82) is 0 Å². The topological polar surface area (TPSA) is 38.1 Å². The van der Waals surface area contributed by atoms with Crippen molar-refractivity contribution in [2.45, 2.75) is 19.9 Å². The molecule has 0 N–H and O–H groups in total. The van der Waals surface area contributed by atoms with Gasteiger partial charge in [0.2, 0.25) is 5.91 Å². The number of amides is 1. The van der Waals surface area contributed by atoms with Crippen molar-refractivity contribution in [2.75, 3.05) is 7.05 Å². The van der Waals surface area contributed by atoms with E-state index in [1.54, 1.807) is 29.8 Å². The molecule has 1 heterocycles. The molecule has 0 spiro atoms. The Kier molecular flexibility index (Phi) is 5.03. The standard InChI is InChI=1S/C17H20ClN3O/c1-12-15(17(18)21(4)19-12)10-11-16(22)20(3)13(2)14-8-6-5-7-9-14/h5-11,13H,1-4H3/b11-10+. The van der Waals surface area contributed by atoms with Gasteiger partial charge in [-0.1, -0.05) is 41.9 Å². The number of aryl methyl sites for hydroxylation is 2. The predicted molar refractivity (Wildman–Crippen MR) is 89.6 cm³/mol. The molecular formula is C17H20ClN3O. The fraction of sp³-hybridized carbons (Fsp3) is 0.294. The van der Waals surface area contributed by atoms with E-state index < -0.39 is 0 Å². The van der Waals surface area contributed by atoms with E-state index in [4.69, 9.17) is 11.6 Å². The lowest BCUT2D eigenvalue weighted by molar-refractivity contribution is -0.126. The highest BCUT2D eigenvalue weighted by molar-refractivity contribution is 6.31. The summed E-state index contributed by atoms with van der Waals surface area (Å²) in [6.07, 6.45) is 3.26. The molecule has 2 rings (SSSR count). The molecule has 1 aromatic carbocycles.